The lowest BCUT2D eigenvalue weighted by molar-refractivity contribution is -0.138. The van der Waals surface area contributed by atoms with Crippen molar-refractivity contribution in [2.75, 3.05) is 7.11 Å². The van der Waals surface area contributed by atoms with Crippen LogP contribution in [0.5, 0.6) is 5.75 Å². The average molecular weight is 316 g/mol. The maximum Gasteiger partial charge on any atom is 0.303 e. The summed E-state index contributed by atoms with van der Waals surface area (Å²) in [7, 11) is 1.61. The zero-order chi connectivity index (χ0) is 13.7. The summed E-state index contributed by atoms with van der Waals surface area (Å²) in [6.45, 7) is 1.89. The first-order valence-corrected chi connectivity index (χ1v) is 6.54. The van der Waals surface area contributed by atoms with Gasteiger partial charge in [0.25, 0.3) is 0 Å². The zero-order valence-electron chi connectivity index (χ0n) is 10.5. The van der Waals surface area contributed by atoms with E-state index in [2.05, 4.69) is 15.9 Å². The van der Waals surface area contributed by atoms with Crippen molar-refractivity contribution >= 4 is 21.9 Å². The summed E-state index contributed by atoms with van der Waals surface area (Å²) in [5.41, 5.74) is 7.07. The number of hydrogen-bond donors (Lipinski definition) is 2. The van der Waals surface area contributed by atoms with E-state index in [0.717, 1.165) is 15.8 Å². The van der Waals surface area contributed by atoms with Crippen LogP contribution >= 0.6 is 15.9 Å². The first kappa shape index (κ1) is 15.0. The van der Waals surface area contributed by atoms with Gasteiger partial charge in [0.15, 0.2) is 0 Å². The van der Waals surface area contributed by atoms with Gasteiger partial charge in [0.05, 0.1) is 7.11 Å². The molecule has 0 heterocycles. The summed E-state index contributed by atoms with van der Waals surface area (Å²) in [5.74, 6) is 0.0198. The molecule has 0 aliphatic heterocycles. The highest BCUT2D eigenvalue weighted by Gasteiger charge is 2.16. The normalized spacial score (nSPS) is 14.0. The molecular weight excluding hydrogens is 298 g/mol. The fourth-order valence-corrected chi connectivity index (χ4v) is 2.53. The van der Waals surface area contributed by atoms with Gasteiger partial charge in [-0.2, -0.15) is 0 Å². The van der Waals surface area contributed by atoms with Gasteiger partial charge in [-0.15, -0.1) is 0 Å². The molecule has 0 saturated carbocycles. The van der Waals surface area contributed by atoms with Gasteiger partial charge < -0.3 is 15.6 Å². The molecule has 0 saturated heterocycles. The maximum absolute atomic E-state index is 10.6. The number of methoxy groups -OCH3 is 1. The fraction of sp³-hybridized carbons (Fsp3) is 0.462. The van der Waals surface area contributed by atoms with Gasteiger partial charge in [0.2, 0.25) is 0 Å². The van der Waals surface area contributed by atoms with Crippen molar-refractivity contribution in [1.82, 2.24) is 0 Å². The molecule has 18 heavy (non-hydrogen) atoms. The van der Waals surface area contributed by atoms with E-state index in [1.807, 2.05) is 25.1 Å². The van der Waals surface area contributed by atoms with E-state index in [4.69, 9.17) is 15.6 Å². The lowest BCUT2D eigenvalue weighted by atomic mass is 9.94. The number of aliphatic carboxylic acids is 1. The lowest BCUT2D eigenvalue weighted by Gasteiger charge is -2.18. The Balaban J connectivity index is 2.72. The van der Waals surface area contributed by atoms with Crippen molar-refractivity contribution in [3.05, 3.63) is 28.2 Å². The number of rotatable bonds is 6. The van der Waals surface area contributed by atoms with Crippen LogP contribution in [0.15, 0.2) is 22.7 Å². The smallest absolute Gasteiger partial charge is 0.303 e. The molecule has 0 bridgehead atoms. The van der Waals surface area contributed by atoms with Crippen LogP contribution in [0.25, 0.3) is 0 Å². The first-order valence-electron chi connectivity index (χ1n) is 5.74. The summed E-state index contributed by atoms with van der Waals surface area (Å²) < 4.78 is 6.00. The Morgan fingerprint density at radius 1 is 1.56 bits per heavy atom. The molecule has 2 atom stereocenters. The van der Waals surface area contributed by atoms with E-state index in [9.17, 15) is 4.79 Å². The minimum absolute atomic E-state index is 0.0477. The first-order chi connectivity index (χ1) is 8.43. The number of nitrogens with two attached hydrogens (primary N) is 1. The molecular formula is C13H18BrNO3. The van der Waals surface area contributed by atoms with Gasteiger partial charge in [-0.25, -0.2) is 0 Å². The van der Waals surface area contributed by atoms with Crippen molar-refractivity contribution in [3.63, 3.8) is 0 Å². The number of carboxylic acids is 1. The number of hydrogen-bond acceptors (Lipinski definition) is 3. The predicted octanol–water partition coefficient (Wildman–Crippen LogP) is 2.96. The zero-order valence-corrected chi connectivity index (χ0v) is 12.1. The SMILES string of the molecule is COc1ccc(C(N)CC(C)CC(=O)O)c(Br)c1. The Hall–Kier alpha value is -1.07. The number of carboxylic acid groups (broad SMARTS) is 1. The van der Waals surface area contributed by atoms with Crippen molar-refractivity contribution in [2.24, 2.45) is 11.7 Å². The van der Waals surface area contributed by atoms with Gasteiger partial charge in [-0.3, -0.25) is 4.79 Å². The van der Waals surface area contributed by atoms with Crippen molar-refractivity contribution in [1.29, 1.82) is 0 Å². The van der Waals surface area contributed by atoms with Gasteiger partial charge >= 0.3 is 5.97 Å². The van der Waals surface area contributed by atoms with Crippen molar-refractivity contribution in [2.45, 2.75) is 25.8 Å². The lowest BCUT2D eigenvalue weighted by Crippen LogP contribution is -2.16. The molecule has 0 amide bonds. The Morgan fingerprint density at radius 3 is 2.72 bits per heavy atom. The molecule has 5 heteroatoms. The molecule has 0 aliphatic rings. The highest BCUT2D eigenvalue weighted by Crippen LogP contribution is 2.30. The van der Waals surface area contributed by atoms with Crippen molar-refractivity contribution < 1.29 is 14.6 Å². The third kappa shape index (κ3) is 4.31. The molecule has 1 aromatic carbocycles. The highest BCUT2D eigenvalue weighted by molar-refractivity contribution is 9.10. The minimum Gasteiger partial charge on any atom is -0.497 e. The Bertz CT molecular complexity index is 423. The van der Waals surface area contributed by atoms with Crippen LogP contribution in [-0.2, 0) is 4.79 Å². The van der Waals surface area contributed by atoms with Gasteiger partial charge in [0, 0.05) is 16.9 Å². The molecule has 0 aliphatic carbocycles. The van der Waals surface area contributed by atoms with Gasteiger partial charge in [-0.05, 0) is 30.0 Å². The second-order valence-electron chi connectivity index (χ2n) is 4.43. The van der Waals surface area contributed by atoms with Crippen LogP contribution in [0.4, 0.5) is 0 Å². The van der Waals surface area contributed by atoms with E-state index < -0.39 is 5.97 Å². The van der Waals surface area contributed by atoms with Crippen molar-refractivity contribution in [3.8, 4) is 5.75 Å². The molecule has 1 rings (SSSR count). The van der Waals surface area contributed by atoms with E-state index in [0.29, 0.717) is 6.42 Å². The molecule has 0 aromatic heterocycles. The predicted molar refractivity (Wildman–Crippen MR) is 73.7 cm³/mol. The molecule has 0 spiro atoms. The third-order valence-corrected chi connectivity index (χ3v) is 3.47. The Labute approximate surface area is 115 Å². The van der Waals surface area contributed by atoms with E-state index in [1.54, 1.807) is 7.11 Å². The van der Waals surface area contributed by atoms with Crippen LogP contribution in [-0.4, -0.2) is 18.2 Å². The minimum atomic E-state index is -0.788. The summed E-state index contributed by atoms with van der Waals surface area (Å²) in [5, 5.41) is 8.72. The van der Waals surface area contributed by atoms with Crippen LogP contribution in [0.3, 0.4) is 0 Å². The largest absolute Gasteiger partial charge is 0.497 e. The number of benzene rings is 1. The molecule has 2 unspecified atom stereocenters. The summed E-state index contributed by atoms with van der Waals surface area (Å²) >= 11 is 3.45. The third-order valence-electron chi connectivity index (χ3n) is 2.79. The number of carbonyl (C=O) groups is 1. The standard InChI is InChI=1S/C13H18BrNO3/c1-8(6-13(16)17)5-12(15)10-4-3-9(18-2)7-11(10)14/h3-4,7-8,12H,5-6,15H2,1-2H3,(H,16,17). The van der Waals surface area contributed by atoms with E-state index in [1.165, 1.54) is 0 Å². The molecule has 1 aromatic rings. The van der Waals surface area contributed by atoms with Gasteiger partial charge in [0.1, 0.15) is 5.75 Å². The highest BCUT2D eigenvalue weighted by atomic mass is 79.9. The van der Waals surface area contributed by atoms with Crippen LogP contribution < -0.4 is 10.5 Å². The monoisotopic (exact) mass is 315 g/mol. The maximum atomic E-state index is 10.6. The molecule has 3 N–H and O–H groups in total. The van der Waals surface area contributed by atoms with Gasteiger partial charge in [-0.1, -0.05) is 28.9 Å². The Morgan fingerprint density at radius 2 is 2.22 bits per heavy atom. The molecule has 4 nitrogen and oxygen atoms in total. The quantitative estimate of drug-likeness (QED) is 0.846. The number of ether oxygens (including phenoxy) is 1. The van der Waals surface area contributed by atoms with E-state index in [-0.39, 0.29) is 18.4 Å². The van der Waals surface area contributed by atoms with Crippen LogP contribution in [0, 0.1) is 5.92 Å². The molecule has 0 fully saturated rings. The summed E-state index contributed by atoms with van der Waals surface area (Å²) in [6.07, 6.45) is 0.776. The second kappa shape index (κ2) is 6.75. The van der Waals surface area contributed by atoms with E-state index >= 15 is 0 Å². The average Bonchev–Trinajstić information content (AvgIpc) is 2.27. The van der Waals surface area contributed by atoms with Crippen LogP contribution in [0.1, 0.15) is 31.4 Å². The topological polar surface area (TPSA) is 72.5 Å². The molecule has 100 valence electrons. The van der Waals surface area contributed by atoms with Crippen LogP contribution in [0.2, 0.25) is 0 Å². The summed E-state index contributed by atoms with van der Waals surface area (Å²) in [4.78, 5) is 10.6. The second-order valence-corrected chi connectivity index (χ2v) is 5.29. The fourth-order valence-electron chi connectivity index (χ4n) is 1.88. The molecule has 0 radical (unpaired) electrons. The summed E-state index contributed by atoms with van der Waals surface area (Å²) in [6, 6.07) is 5.43. The number of halogens is 1. The Kier molecular flexibility index (Phi) is 5.62.